The number of hydrogen-bond donors (Lipinski definition) is 1. The van der Waals surface area contributed by atoms with Gasteiger partial charge >= 0.3 is 0 Å². The molecule has 0 bridgehead atoms. The lowest BCUT2D eigenvalue weighted by Crippen LogP contribution is -2.50. The van der Waals surface area contributed by atoms with E-state index in [1.54, 1.807) is 0 Å². The molecule has 0 aromatic heterocycles. The fourth-order valence-electron chi connectivity index (χ4n) is 3.66. The summed E-state index contributed by atoms with van der Waals surface area (Å²) in [5.74, 6) is 0.695. The Hall–Kier alpha value is -0.0400. The minimum atomic E-state index is -0.203. The van der Waals surface area contributed by atoms with Crippen molar-refractivity contribution >= 4 is 0 Å². The molecule has 68 valence electrons. The van der Waals surface area contributed by atoms with Gasteiger partial charge in [0.05, 0.1) is 5.60 Å². The van der Waals surface area contributed by atoms with Gasteiger partial charge in [-0.25, -0.2) is 0 Å². The van der Waals surface area contributed by atoms with Crippen molar-refractivity contribution in [2.24, 2.45) is 11.3 Å². The first kappa shape index (κ1) is 7.37. The lowest BCUT2D eigenvalue weighted by atomic mass is 9.59. The summed E-state index contributed by atoms with van der Waals surface area (Å²) < 4.78 is 0. The molecule has 1 N–H and O–H groups in total. The molecule has 1 spiro atoms. The van der Waals surface area contributed by atoms with Crippen molar-refractivity contribution in [2.45, 2.75) is 57.0 Å². The summed E-state index contributed by atoms with van der Waals surface area (Å²) in [6.07, 6.45) is 10.3. The maximum atomic E-state index is 10.6. The molecule has 1 nitrogen and oxygen atoms in total. The Labute approximate surface area is 74.2 Å². The minimum Gasteiger partial charge on any atom is -0.389 e. The first-order valence-corrected chi connectivity index (χ1v) is 5.49. The van der Waals surface area contributed by atoms with Gasteiger partial charge in [-0.1, -0.05) is 6.42 Å². The number of rotatable bonds is 1. The number of aliphatic hydroxyl groups is 1. The summed E-state index contributed by atoms with van der Waals surface area (Å²) in [7, 11) is 0. The molecule has 1 unspecified atom stereocenters. The second-order valence-corrected chi connectivity index (χ2v) is 5.19. The van der Waals surface area contributed by atoms with Crippen LogP contribution in [0.2, 0.25) is 0 Å². The van der Waals surface area contributed by atoms with Crippen LogP contribution in [-0.4, -0.2) is 10.7 Å². The van der Waals surface area contributed by atoms with Crippen LogP contribution in [0.15, 0.2) is 0 Å². The molecular weight excluding hydrogens is 148 g/mol. The van der Waals surface area contributed by atoms with Crippen LogP contribution in [0.4, 0.5) is 0 Å². The molecule has 0 aromatic carbocycles. The average Bonchev–Trinajstić information content (AvgIpc) is 2.73. The van der Waals surface area contributed by atoms with Crippen molar-refractivity contribution in [1.82, 2.24) is 0 Å². The predicted molar refractivity (Wildman–Crippen MR) is 47.8 cm³/mol. The van der Waals surface area contributed by atoms with Crippen molar-refractivity contribution in [2.75, 3.05) is 0 Å². The van der Waals surface area contributed by atoms with Crippen LogP contribution < -0.4 is 0 Å². The molecule has 3 aliphatic rings. The molecule has 1 heteroatoms. The van der Waals surface area contributed by atoms with E-state index in [0.717, 1.165) is 6.42 Å². The molecule has 1 atom stereocenters. The van der Waals surface area contributed by atoms with Gasteiger partial charge in [-0.3, -0.25) is 0 Å². The summed E-state index contributed by atoms with van der Waals surface area (Å²) in [6.45, 7) is 0. The quantitative estimate of drug-likeness (QED) is 0.634. The van der Waals surface area contributed by atoms with E-state index in [9.17, 15) is 5.11 Å². The zero-order chi connectivity index (χ0) is 8.23. The first-order chi connectivity index (χ1) is 5.77. The largest absolute Gasteiger partial charge is 0.389 e. The lowest BCUT2D eigenvalue weighted by molar-refractivity contribution is -0.119. The minimum absolute atomic E-state index is 0.203. The third kappa shape index (κ3) is 0.693. The van der Waals surface area contributed by atoms with E-state index in [4.69, 9.17) is 0 Å². The van der Waals surface area contributed by atoms with Crippen molar-refractivity contribution in [3.63, 3.8) is 0 Å². The Morgan fingerprint density at radius 1 is 0.917 bits per heavy atom. The maximum Gasteiger partial charge on any atom is 0.0731 e. The van der Waals surface area contributed by atoms with Crippen LogP contribution >= 0.6 is 0 Å². The van der Waals surface area contributed by atoms with Gasteiger partial charge in [-0.2, -0.15) is 0 Å². The Bertz CT molecular complexity index is 203. The van der Waals surface area contributed by atoms with Crippen LogP contribution in [0.1, 0.15) is 51.4 Å². The van der Waals surface area contributed by atoms with Gasteiger partial charge in [0.1, 0.15) is 0 Å². The maximum absolute atomic E-state index is 10.6. The standard InChI is InChI=1S/C11H18O/c12-11(9-3-4-9)8-2-7-10(11)5-1-6-10/h9,12H,1-8H2. The molecule has 0 radical (unpaired) electrons. The van der Waals surface area contributed by atoms with Gasteiger partial charge in [0.25, 0.3) is 0 Å². The molecule has 3 fully saturated rings. The van der Waals surface area contributed by atoms with Crippen LogP contribution in [0.25, 0.3) is 0 Å². The van der Waals surface area contributed by atoms with E-state index in [-0.39, 0.29) is 5.60 Å². The van der Waals surface area contributed by atoms with E-state index >= 15 is 0 Å². The zero-order valence-electron chi connectivity index (χ0n) is 7.68. The third-order valence-electron chi connectivity index (χ3n) is 4.69. The smallest absolute Gasteiger partial charge is 0.0731 e. The predicted octanol–water partition coefficient (Wildman–Crippen LogP) is 2.48. The molecule has 0 amide bonds. The average molecular weight is 166 g/mol. The molecule has 3 aliphatic carbocycles. The van der Waals surface area contributed by atoms with Crippen LogP contribution in [0.5, 0.6) is 0 Å². The summed E-state index contributed by atoms with van der Waals surface area (Å²) in [5, 5.41) is 10.6. The Kier molecular flexibility index (Phi) is 1.27. The van der Waals surface area contributed by atoms with Crippen LogP contribution in [0, 0.1) is 11.3 Å². The van der Waals surface area contributed by atoms with Crippen molar-refractivity contribution in [3.8, 4) is 0 Å². The highest BCUT2D eigenvalue weighted by atomic mass is 16.3. The van der Waals surface area contributed by atoms with Gasteiger partial charge in [-0.15, -0.1) is 0 Å². The van der Waals surface area contributed by atoms with Gasteiger partial charge < -0.3 is 5.11 Å². The van der Waals surface area contributed by atoms with E-state index in [2.05, 4.69) is 0 Å². The highest BCUT2D eigenvalue weighted by molar-refractivity contribution is 5.13. The van der Waals surface area contributed by atoms with Crippen LogP contribution in [-0.2, 0) is 0 Å². The molecule has 3 rings (SSSR count). The summed E-state index contributed by atoms with van der Waals surface area (Å²) in [6, 6.07) is 0. The molecular formula is C11H18O. The molecule has 3 saturated carbocycles. The number of hydrogen-bond acceptors (Lipinski definition) is 1. The molecule has 0 saturated heterocycles. The van der Waals surface area contributed by atoms with E-state index in [0.29, 0.717) is 11.3 Å². The van der Waals surface area contributed by atoms with Gasteiger partial charge in [-0.05, 0) is 56.3 Å². The van der Waals surface area contributed by atoms with Gasteiger partial charge in [0, 0.05) is 0 Å². The molecule has 0 aromatic rings. The highest BCUT2D eigenvalue weighted by Gasteiger charge is 2.62. The second-order valence-electron chi connectivity index (χ2n) is 5.19. The topological polar surface area (TPSA) is 20.2 Å². The van der Waals surface area contributed by atoms with Crippen molar-refractivity contribution in [3.05, 3.63) is 0 Å². The summed E-state index contributed by atoms with van der Waals surface area (Å²) in [4.78, 5) is 0. The second kappa shape index (κ2) is 2.06. The van der Waals surface area contributed by atoms with Gasteiger partial charge in [0.2, 0.25) is 0 Å². The first-order valence-electron chi connectivity index (χ1n) is 5.49. The summed E-state index contributed by atoms with van der Waals surface area (Å²) in [5.41, 5.74) is 0.208. The normalized spacial score (nSPS) is 44.8. The summed E-state index contributed by atoms with van der Waals surface area (Å²) >= 11 is 0. The molecule has 0 heterocycles. The van der Waals surface area contributed by atoms with Gasteiger partial charge in [0.15, 0.2) is 0 Å². The monoisotopic (exact) mass is 166 g/mol. The van der Waals surface area contributed by atoms with Crippen molar-refractivity contribution in [1.29, 1.82) is 0 Å². The Morgan fingerprint density at radius 3 is 2.00 bits per heavy atom. The van der Waals surface area contributed by atoms with Crippen molar-refractivity contribution < 1.29 is 5.11 Å². The lowest BCUT2D eigenvalue weighted by Gasteiger charge is -2.49. The SMILES string of the molecule is OC1(C2CC2)CCCC12CCC2. The molecule has 12 heavy (non-hydrogen) atoms. The fourth-order valence-corrected chi connectivity index (χ4v) is 3.66. The third-order valence-corrected chi connectivity index (χ3v) is 4.69. The molecule has 0 aliphatic heterocycles. The fraction of sp³-hybridized carbons (Fsp3) is 1.00. The van der Waals surface area contributed by atoms with E-state index in [1.165, 1.54) is 44.9 Å². The Morgan fingerprint density at radius 2 is 1.50 bits per heavy atom. The highest BCUT2D eigenvalue weighted by Crippen LogP contribution is 2.65. The van der Waals surface area contributed by atoms with E-state index in [1.807, 2.05) is 0 Å². The Balaban J connectivity index is 1.90. The zero-order valence-corrected chi connectivity index (χ0v) is 7.68. The van der Waals surface area contributed by atoms with E-state index < -0.39 is 0 Å². The van der Waals surface area contributed by atoms with Crippen LogP contribution in [0.3, 0.4) is 0 Å².